The highest BCUT2D eigenvalue weighted by atomic mass is 16.5. The second-order valence-electron chi connectivity index (χ2n) is 7.91. The first-order chi connectivity index (χ1) is 16.4. The Hall–Kier alpha value is -4.44. The number of hydrogen-bond donors (Lipinski definition) is 4. The Bertz CT molecular complexity index is 1530. The van der Waals surface area contributed by atoms with Crippen molar-refractivity contribution in [2.24, 2.45) is 0 Å². The SMILES string of the molecule is COc1cc2c(cc1-c1c(C)noc1C)[nH]c1nc(C)nc(Nc3ccc(C(=O)NO)cc3)c12. The molecule has 2 aromatic carbocycles. The number of hydrogen-bond acceptors (Lipinski definition) is 8. The van der Waals surface area contributed by atoms with Gasteiger partial charge in [0.1, 0.15) is 28.8 Å². The summed E-state index contributed by atoms with van der Waals surface area (Å²) in [4.78, 5) is 24.2. The number of rotatable bonds is 5. The van der Waals surface area contributed by atoms with Crippen LogP contribution in [0.15, 0.2) is 40.9 Å². The quantitative estimate of drug-likeness (QED) is 0.222. The Morgan fingerprint density at radius 1 is 1.12 bits per heavy atom. The maximum Gasteiger partial charge on any atom is 0.274 e. The first-order valence-corrected chi connectivity index (χ1v) is 10.5. The number of aryl methyl sites for hydroxylation is 3. The fourth-order valence-corrected chi connectivity index (χ4v) is 4.16. The summed E-state index contributed by atoms with van der Waals surface area (Å²) in [6, 6.07) is 10.6. The van der Waals surface area contributed by atoms with Crippen LogP contribution in [0.3, 0.4) is 0 Å². The molecule has 0 aliphatic carbocycles. The number of anilines is 2. The molecular weight excluding hydrogens is 436 g/mol. The number of fused-ring (bicyclic) bond motifs is 3. The van der Waals surface area contributed by atoms with Crippen LogP contribution in [0.5, 0.6) is 5.75 Å². The van der Waals surface area contributed by atoms with Gasteiger partial charge in [0.2, 0.25) is 0 Å². The van der Waals surface area contributed by atoms with Crippen molar-refractivity contribution in [2.75, 3.05) is 12.4 Å². The molecule has 3 heterocycles. The third-order valence-electron chi connectivity index (χ3n) is 5.70. The monoisotopic (exact) mass is 458 g/mol. The lowest BCUT2D eigenvalue weighted by atomic mass is 10.0. The summed E-state index contributed by atoms with van der Waals surface area (Å²) in [5, 5.41) is 17.9. The smallest absolute Gasteiger partial charge is 0.274 e. The average molecular weight is 458 g/mol. The van der Waals surface area contributed by atoms with Crippen LogP contribution in [0.4, 0.5) is 11.5 Å². The van der Waals surface area contributed by atoms with Crippen molar-refractivity contribution in [2.45, 2.75) is 20.8 Å². The maximum absolute atomic E-state index is 11.6. The van der Waals surface area contributed by atoms with Crippen LogP contribution < -0.4 is 15.5 Å². The zero-order chi connectivity index (χ0) is 24.0. The normalized spacial score (nSPS) is 11.2. The van der Waals surface area contributed by atoms with E-state index in [0.717, 1.165) is 38.8 Å². The highest BCUT2D eigenvalue weighted by molar-refractivity contribution is 6.13. The van der Waals surface area contributed by atoms with Gasteiger partial charge >= 0.3 is 0 Å². The molecule has 0 atom stereocenters. The Labute approximate surface area is 193 Å². The van der Waals surface area contributed by atoms with Crippen LogP contribution in [0.25, 0.3) is 33.1 Å². The number of benzene rings is 2. The Kier molecular flexibility index (Phi) is 5.14. The second-order valence-corrected chi connectivity index (χ2v) is 7.91. The number of amides is 1. The van der Waals surface area contributed by atoms with Gasteiger partial charge in [0.25, 0.3) is 5.91 Å². The molecule has 0 bridgehead atoms. The van der Waals surface area contributed by atoms with Gasteiger partial charge in [-0.25, -0.2) is 15.4 Å². The van der Waals surface area contributed by atoms with Gasteiger partial charge in [-0.1, -0.05) is 5.16 Å². The average Bonchev–Trinajstić information content (AvgIpc) is 3.36. The highest BCUT2D eigenvalue weighted by Gasteiger charge is 2.20. The first kappa shape index (κ1) is 21.4. The summed E-state index contributed by atoms with van der Waals surface area (Å²) in [5.41, 5.74) is 6.77. The molecule has 0 spiro atoms. The van der Waals surface area contributed by atoms with E-state index in [2.05, 4.69) is 25.4 Å². The molecule has 0 radical (unpaired) electrons. The summed E-state index contributed by atoms with van der Waals surface area (Å²) >= 11 is 0. The van der Waals surface area contributed by atoms with E-state index in [-0.39, 0.29) is 0 Å². The highest BCUT2D eigenvalue weighted by Crippen LogP contribution is 2.40. The van der Waals surface area contributed by atoms with Crippen molar-refractivity contribution in [3.63, 3.8) is 0 Å². The third kappa shape index (κ3) is 3.50. The van der Waals surface area contributed by atoms with Gasteiger partial charge in [-0.2, -0.15) is 0 Å². The predicted molar refractivity (Wildman–Crippen MR) is 127 cm³/mol. The Balaban J connectivity index is 1.66. The lowest BCUT2D eigenvalue weighted by Gasteiger charge is -2.10. The van der Waals surface area contributed by atoms with E-state index in [9.17, 15) is 4.79 Å². The molecule has 0 unspecified atom stereocenters. The molecule has 5 aromatic rings. The van der Waals surface area contributed by atoms with Crippen LogP contribution in [-0.4, -0.2) is 38.3 Å². The Morgan fingerprint density at radius 3 is 2.53 bits per heavy atom. The second kappa shape index (κ2) is 8.16. The van der Waals surface area contributed by atoms with E-state index < -0.39 is 5.91 Å². The lowest BCUT2D eigenvalue weighted by molar-refractivity contribution is 0.0706. The zero-order valence-electron chi connectivity index (χ0n) is 19.0. The summed E-state index contributed by atoms with van der Waals surface area (Å²) < 4.78 is 11.1. The van der Waals surface area contributed by atoms with Crippen molar-refractivity contribution in [3.05, 3.63) is 59.2 Å². The van der Waals surface area contributed by atoms with Crippen LogP contribution >= 0.6 is 0 Å². The van der Waals surface area contributed by atoms with Crippen molar-refractivity contribution in [3.8, 4) is 16.9 Å². The zero-order valence-corrected chi connectivity index (χ0v) is 19.0. The summed E-state index contributed by atoms with van der Waals surface area (Å²) in [7, 11) is 1.63. The van der Waals surface area contributed by atoms with Gasteiger partial charge in [-0.15, -0.1) is 0 Å². The molecule has 1 amide bonds. The minimum absolute atomic E-state index is 0.334. The van der Waals surface area contributed by atoms with E-state index in [1.54, 1.807) is 36.9 Å². The van der Waals surface area contributed by atoms with Crippen LogP contribution in [0.2, 0.25) is 0 Å². The van der Waals surface area contributed by atoms with E-state index >= 15 is 0 Å². The summed E-state index contributed by atoms with van der Waals surface area (Å²) in [6.07, 6.45) is 0. The van der Waals surface area contributed by atoms with Gasteiger partial charge in [-0.05, 0) is 57.2 Å². The number of nitrogens with one attached hydrogen (secondary N) is 3. The van der Waals surface area contributed by atoms with Gasteiger partial charge in [-0.3, -0.25) is 10.0 Å². The van der Waals surface area contributed by atoms with Gasteiger partial charge in [0.05, 0.1) is 23.8 Å². The topological polar surface area (TPSA) is 138 Å². The van der Waals surface area contributed by atoms with Crippen molar-refractivity contribution in [1.29, 1.82) is 0 Å². The third-order valence-corrected chi connectivity index (χ3v) is 5.70. The molecule has 0 aliphatic heterocycles. The number of carbonyl (C=O) groups excluding carboxylic acids is 1. The largest absolute Gasteiger partial charge is 0.496 e. The fourth-order valence-electron chi connectivity index (χ4n) is 4.16. The first-order valence-electron chi connectivity index (χ1n) is 10.5. The number of aromatic nitrogens is 4. The lowest BCUT2D eigenvalue weighted by Crippen LogP contribution is -2.18. The fraction of sp³-hybridized carbons (Fsp3) is 0.167. The van der Waals surface area contributed by atoms with E-state index in [0.29, 0.717) is 34.4 Å². The van der Waals surface area contributed by atoms with Gasteiger partial charge in [0, 0.05) is 27.7 Å². The molecule has 0 saturated heterocycles. The molecule has 4 N–H and O–H groups in total. The molecule has 10 nitrogen and oxygen atoms in total. The van der Waals surface area contributed by atoms with Crippen molar-refractivity contribution < 1.29 is 19.3 Å². The van der Waals surface area contributed by atoms with Crippen LogP contribution in [-0.2, 0) is 0 Å². The molecule has 3 aromatic heterocycles. The van der Waals surface area contributed by atoms with E-state index in [1.165, 1.54) is 0 Å². The molecule has 0 aliphatic rings. The maximum atomic E-state index is 11.6. The van der Waals surface area contributed by atoms with Crippen LogP contribution in [0, 0.1) is 20.8 Å². The van der Waals surface area contributed by atoms with Crippen molar-refractivity contribution >= 4 is 39.3 Å². The molecule has 172 valence electrons. The standard InChI is InChI=1S/C24H22N6O4/c1-11-20(12(2)34-30-11)17-9-18-16(10-19(17)33-4)21-22(25-13(3)26-23(21)28-18)27-15-7-5-14(6-8-15)24(31)29-32/h5-10,32H,1-4H3,(H,29,31)(H2,25,26,27,28). The summed E-state index contributed by atoms with van der Waals surface area (Å²) in [6.45, 7) is 5.59. The number of methoxy groups -OCH3 is 1. The molecule has 0 fully saturated rings. The number of H-pyrrole nitrogens is 1. The number of aromatic amines is 1. The molecule has 0 saturated carbocycles. The minimum atomic E-state index is -0.579. The number of hydroxylamine groups is 1. The van der Waals surface area contributed by atoms with Crippen LogP contribution in [0.1, 0.15) is 27.6 Å². The molecular formula is C24H22N6O4. The predicted octanol–water partition coefficient (Wildman–Crippen LogP) is 4.56. The summed E-state index contributed by atoms with van der Waals surface area (Å²) in [5.74, 6) is 2.01. The molecule has 34 heavy (non-hydrogen) atoms. The van der Waals surface area contributed by atoms with Gasteiger partial charge in [0.15, 0.2) is 0 Å². The number of carbonyl (C=O) groups is 1. The van der Waals surface area contributed by atoms with E-state index in [1.807, 2.05) is 32.9 Å². The van der Waals surface area contributed by atoms with Gasteiger partial charge < -0.3 is 19.6 Å². The van der Waals surface area contributed by atoms with Crippen molar-refractivity contribution in [1.82, 2.24) is 25.6 Å². The number of ether oxygens (including phenoxy) is 1. The molecule has 5 rings (SSSR count). The number of nitrogens with zero attached hydrogens (tertiary/aromatic N) is 3. The Morgan fingerprint density at radius 2 is 1.88 bits per heavy atom. The molecule has 10 heteroatoms. The van der Waals surface area contributed by atoms with E-state index in [4.69, 9.17) is 14.5 Å². The minimum Gasteiger partial charge on any atom is -0.496 e.